The van der Waals surface area contributed by atoms with Crippen molar-refractivity contribution in [3.63, 3.8) is 0 Å². The maximum Gasteiger partial charge on any atom is 0.0468 e. The molecule has 0 radical (unpaired) electrons. The third-order valence-corrected chi connectivity index (χ3v) is 4.05. The van der Waals surface area contributed by atoms with Gasteiger partial charge in [-0.15, -0.1) is 11.3 Å². The van der Waals surface area contributed by atoms with Gasteiger partial charge in [0.2, 0.25) is 0 Å². The van der Waals surface area contributed by atoms with Gasteiger partial charge in [0.15, 0.2) is 0 Å². The molecule has 0 spiro atoms. The Hall–Kier alpha value is -1.52. The van der Waals surface area contributed by atoms with Gasteiger partial charge in [-0.05, 0) is 36.5 Å². The van der Waals surface area contributed by atoms with E-state index in [9.17, 15) is 0 Å². The highest BCUT2D eigenvalue weighted by Gasteiger charge is 2.01. The summed E-state index contributed by atoms with van der Waals surface area (Å²) in [7, 11) is 2.13. The number of nitrogens with two attached hydrogens (primary N) is 1. The lowest BCUT2D eigenvalue weighted by Crippen LogP contribution is -2.23. The fourth-order valence-electron chi connectivity index (χ4n) is 1.95. The Morgan fingerprint density at radius 3 is 2.68 bits per heavy atom. The number of hydrogen-bond acceptors (Lipinski definition) is 4. The van der Waals surface area contributed by atoms with Crippen molar-refractivity contribution in [1.82, 2.24) is 5.32 Å². The summed E-state index contributed by atoms with van der Waals surface area (Å²) in [4.78, 5) is 3.51. The second kappa shape index (κ2) is 7.16. The molecular weight excluding hydrogens is 254 g/mol. The summed E-state index contributed by atoms with van der Waals surface area (Å²) < 4.78 is 0. The zero-order valence-electron chi connectivity index (χ0n) is 11.3. The summed E-state index contributed by atoms with van der Waals surface area (Å²) in [5.41, 5.74) is 8.01. The standard InChI is InChI=1S/C15H21N3S/c1-18(13-6-3-2-4-7-13)10-5-9-17-12-15-14(16)8-11-19-15/h2-4,6-8,11,17H,5,9-10,12,16H2,1H3. The van der Waals surface area contributed by atoms with Gasteiger partial charge in [0.1, 0.15) is 0 Å². The molecule has 3 nitrogen and oxygen atoms in total. The van der Waals surface area contributed by atoms with Gasteiger partial charge >= 0.3 is 0 Å². The zero-order valence-corrected chi connectivity index (χ0v) is 12.1. The average Bonchev–Trinajstić information content (AvgIpc) is 2.85. The number of nitrogen functional groups attached to an aromatic ring is 1. The van der Waals surface area contributed by atoms with Crippen LogP contribution in [0.2, 0.25) is 0 Å². The highest BCUT2D eigenvalue weighted by Crippen LogP contribution is 2.18. The Kier molecular flexibility index (Phi) is 5.24. The number of nitrogens with one attached hydrogen (secondary N) is 1. The maximum absolute atomic E-state index is 5.84. The second-order valence-corrected chi connectivity index (χ2v) is 5.59. The minimum atomic E-state index is 0.874. The molecule has 0 aliphatic heterocycles. The molecule has 3 N–H and O–H groups in total. The van der Waals surface area contributed by atoms with Crippen LogP contribution >= 0.6 is 11.3 Å². The number of hydrogen-bond donors (Lipinski definition) is 2. The van der Waals surface area contributed by atoms with Crippen LogP contribution in [-0.2, 0) is 6.54 Å². The quantitative estimate of drug-likeness (QED) is 0.763. The molecule has 102 valence electrons. The lowest BCUT2D eigenvalue weighted by Gasteiger charge is -2.19. The molecule has 1 aromatic carbocycles. The second-order valence-electron chi connectivity index (χ2n) is 4.59. The molecule has 0 unspecified atom stereocenters. The topological polar surface area (TPSA) is 41.3 Å². The number of para-hydroxylation sites is 1. The van der Waals surface area contributed by atoms with Crippen LogP contribution in [0.4, 0.5) is 11.4 Å². The van der Waals surface area contributed by atoms with Gasteiger partial charge in [-0.1, -0.05) is 18.2 Å². The van der Waals surface area contributed by atoms with E-state index in [1.165, 1.54) is 10.6 Å². The zero-order chi connectivity index (χ0) is 13.5. The minimum absolute atomic E-state index is 0.874. The third-order valence-electron chi connectivity index (χ3n) is 3.11. The molecule has 19 heavy (non-hydrogen) atoms. The molecule has 4 heteroatoms. The van der Waals surface area contributed by atoms with E-state index in [1.807, 2.05) is 17.5 Å². The average molecular weight is 275 g/mol. The normalized spacial score (nSPS) is 10.6. The van der Waals surface area contributed by atoms with Crippen LogP contribution in [0.15, 0.2) is 41.8 Å². The van der Waals surface area contributed by atoms with Crippen LogP contribution in [0.3, 0.4) is 0 Å². The monoisotopic (exact) mass is 275 g/mol. The first-order valence-corrected chi connectivity index (χ1v) is 7.44. The minimum Gasteiger partial charge on any atom is -0.398 e. The van der Waals surface area contributed by atoms with Gasteiger partial charge in [-0.25, -0.2) is 0 Å². The smallest absolute Gasteiger partial charge is 0.0468 e. The van der Waals surface area contributed by atoms with E-state index in [1.54, 1.807) is 11.3 Å². The SMILES string of the molecule is CN(CCCNCc1sccc1N)c1ccccc1. The fourth-order valence-corrected chi connectivity index (χ4v) is 2.72. The van der Waals surface area contributed by atoms with Crippen molar-refractivity contribution in [3.05, 3.63) is 46.7 Å². The van der Waals surface area contributed by atoms with Crippen molar-refractivity contribution in [1.29, 1.82) is 0 Å². The lowest BCUT2D eigenvalue weighted by molar-refractivity contribution is 0.651. The van der Waals surface area contributed by atoms with Crippen molar-refractivity contribution < 1.29 is 0 Å². The van der Waals surface area contributed by atoms with Gasteiger partial charge < -0.3 is 16.0 Å². The van der Waals surface area contributed by atoms with Gasteiger partial charge in [0, 0.05) is 36.4 Å². The number of thiophene rings is 1. The Bertz CT molecular complexity index is 481. The number of nitrogens with zero attached hydrogens (tertiary/aromatic N) is 1. The molecule has 2 rings (SSSR count). The molecule has 0 fully saturated rings. The predicted octanol–water partition coefficient (Wildman–Crippen LogP) is 2.95. The highest BCUT2D eigenvalue weighted by atomic mass is 32.1. The van der Waals surface area contributed by atoms with Gasteiger partial charge in [-0.2, -0.15) is 0 Å². The van der Waals surface area contributed by atoms with Crippen molar-refractivity contribution in [2.45, 2.75) is 13.0 Å². The van der Waals surface area contributed by atoms with Crippen molar-refractivity contribution in [2.75, 3.05) is 30.8 Å². The van der Waals surface area contributed by atoms with E-state index in [0.29, 0.717) is 0 Å². The van der Waals surface area contributed by atoms with Crippen LogP contribution in [0.1, 0.15) is 11.3 Å². The predicted molar refractivity (Wildman–Crippen MR) is 84.8 cm³/mol. The first-order chi connectivity index (χ1) is 9.27. The van der Waals surface area contributed by atoms with E-state index < -0.39 is 0 Å². The summed E-state index contributed by atoms with van der Waals surface area (Å²) in [5, 5.41) is 5.48. The first kappa shape index (κ1) is 13.9. The van der Waals surface area contributed by atoms with E-state index in [-0.39, 0.29) is 0 Å². The Balaban J connectivity index is 1.63. The number of benzene rings is 1. The molecule has 1 aromatic heterocycles. The largest absolute Gasteiger partial charge is 0.398 e. The Morgan fingerprint density at radius 2 is 2.00 bits per heavy atom. The molecule has 0 atom stereocenters. The van der Waals surface area contributed by atoms with Crippen LogP contribution < -0.4 is 16.0 Å². The van der Waals surface area contributed by atoms with Gasteiger partial charge in [0.25, 0.3) is 0 Å². The molecule has 0 saturated heterocycles. The van der Waals surface area contributed by atoms with Crippen LogP contribution in [0.5, 0.6) is 0 Å². The molecular formula is C15H21N3S. The Morgan fingerprint density at radius 1 is 1.21 bits per heavy atom. The van der Waals surface area contributed by atoms with Crippen molar-refractivity contribution in [3.8, 4) is 0 Å². The fraction of sp³-hybridized carbons (Fsp3) is 0.333. The third kappa shape index (κ3) is 4.26. The number of rotatable bonds is 7. The van der Waals surface area contributed by atoms with E-state index in [0.717, 1.165) is 31.7 Å². The molecule has 0 aliphatic carbocycles. The first-order valence-electron chi connectivity index (χ1n) is 6.56. The maximum atomic E-state index is 5.84. The van der Waals surface area contributed by atoms with Crippen LogP contribution in [0.25, 0.3) is 0 Å². The van der Waals surface area contributed by atoms with E-state index in [4.69, 9.17) is 5.73 Å². The lowest BCUT2D eigenvalue weighted by atomic mass is 10.3. The van der Waals surface area contributed by atoms with Gasteiger partial charge in [0.05, 0.1) is 0 Å². The van der Waals surface area contributed by atoms with Gasteiger partial charge in [-0.3, -0.25) is 0 Å². The molecule has 1 heterocycles. The molecule has 0 bridgehead atoms. The number of anilines is 2. The summed E-state index contributed by atoms with van der Waals surface area (Å²) in [6, 6.07) is 12.4. The summed E-state index contributed by atoms with van der Waals surface area (Å²) >= 11 is 1.71. The summed E-state index contributed by atoms with van der Waals surface area (Å²) in [6.07, 6.45) is 1.12. The van der Waals surface area contributed by atoms with E-state index in [2.05, 4.69) is 41.5 Å². The molecule has 0 amide bonds. The van der Waals surface area contributed by atoms with Crippen molar-refractivity contribution >= 4 is 22.7 Å². The molecule has 0 aliphatic rings. The van der Waals surface area contributed by atoms with Crippen molar-refractivity contribution in [2.24, 2.45) is 0 Å². The summed E-state index contributed by atoms with van der Waals surface area (Å²) in [6.45, 7) is 2.93. The van der Waals surface area contributed by atoms with Crippen LogP contribution in [-0.4, -0.2) is 20.1 Å². The highest BCUT2D eigenvalue weighted by molar-refractivity contribution is 7.10. The summed E-state index contributed by atoms with van der Waals surface area (Å²) in [5.74, 6) is 0. The Labute approximate surface area is 119 Å². The molecule has 2 aromatic rings. The molecule has 0 saturated carbocycles. The van der Waals surface area contributed by atoms with E-state index >= 15 is 0 Å². The van der Waals surface area contributed by atoms with Crippen LogP contribution in [0, 0.1) is 0 Å².